The van der Waals surface area contributed by atoms with Gasteiger partial charge < -0.3 is 4.74 Å². The van der Waals surface area contributed by atoms with E-state index in [0.717, 1.165) is 36.5 Å². The SMILES string of the molecule is CC(=O)O[C@@H]1CC[C@]2(C)[C@H](CC=C3[C@@H]2CC[C@]2(C)[C@H]([C@H](C)CCCC(C)C)CC[C@]32C)C1. The molecule has 0 aromatic heterocycles. The highest BCUT2D eigenvalue weighted by atomic mass is 16.5. The van der Waals surface area contributed by atoms with E-state index in [1.165, 1.54) is 57.8 Å². The average molecular weight is 443 g/mol. The van der Waals surface area contributed by atoms with Crippen molar-refractivity contribution in [1.82, 2.24) is 0 Å². The van der Waals surface area contributed by atoms with Crippen molar-refractivity contribution in [1.29, 1.82) is 0 Å². The van der Waals surface area contributed by atoms with Gasteiger partial charge in [-0.3, -0.25) is 4.79 Å². The molecule has 0 aliphatic heterocycles. The summed E-state index contributed by atoms with van der Waals surface area (Å²) in [5.74, 6) is 3.88. The van der Waals surface area contributed by atoms with Crippen LogP contribution in [-0.2, 0) is 9.53 Å². The van der Waals surface area contributed by atoms with E-state index >= 15 is 0 Å². The largest absolute Gasteiger partial charge is 0.463 e. The van der Waals surface area contributed by atoms with Crippen molar-refractivity contribution >= 4 is 5.97 Å². The first-order chi connectivity index (χ1) is 15.0. The van der Waals surface area contributed by atoms with E-state index in [1.54, 1.807) is 6.92 Å². The van der Waals surface area contributed by atoms with E-state index in [1.807, 2.05) is 5.57 Å². The van der Waals surface area contributed by atoms with Gasteiger partial charge in [0.25, 0.3) is 0 Å². The Balaban J connectivity index is 1.53. The Hall–Kier alpha value is -0.790. The van der Waals surface area contributed by atoms with Crippen molar-refractivity contribution in [3.8, 4) is 0 Å². The molecule has 3 fully saturated rings. The zero-order valence-corrected chi connectivity index (χ0v) is 22.1. The summed E-state index contributed by atoms with van der Waals surface area (Å²) in [6, 6.07) is 0. The lowest BCUT2D eigenvalue weighted by Crippen LogP contribution is -2.53. The Bertz CT molecular complexity index is 737. The molecule has 2 heteroatoms. The van der Waals surface area contributed by atoms with Crippen LogP contribution in [0.3, 0.4) is 0 Å². The summed E-state index contributed by atoms with van der Waals surface area (Å²) in [7, 11) is 0. The summed E-state index contributed by atoms with van der Waals surface area (Å²) in [6.45, 7) is 16.8. The first kappa shape index (κ1) is 24.3. The molecule has 3 saturated carbocycles. The van der Waals surface area contributed by atoms with Crippen molar-refractivity contribution in [3.63, 3.8) is 0 Å². The minimum Gasteiger partial charge on any atom is -0.463 e. The number of allylic oxidation sites excluding steroid dienone is 2. The molecule has 0 bridgehead atoms. The highest BCUT2D eigenvalue weighted by Crippen LogP contribution is 2.72. The number of hydrogen-bond donors (Lipinski definition) is 0. The van der Waals surface area contributed by atoms with Crippen molar-refractivity contribution in [2.75, 3.05) is 0 Å². The van der Waals surface area contributed by atoms with Gasteiger partial charge in [0, 0.05) is 6.92 Å². The maximum absolute atomic E-state index is 11.5. The number of hydrogen-bond acceptors (Lipinski definition) is 2. The summed E-state index contributed by atoms with van der Waals surface area (Å²) >= 11 is 0. The molecule has 8 atom stereocenters. The van der Waals surface area contributed by atoms with Gasteiger partial charge in [-0.15, -0.1) is 0 Å². The van der Waals surface area contributed by atoms with Crippen LogP contribution in [0.25, 0.3) is 0 Å². The highest BCUT2D eigenvalue weighted by Gasteiger charge is 2.63. The molecular weight excluding hydrogens is 392 g/mol. The zero-order valence-electron chi connectivity index (χ0n) is 22.1. The van der Waals surface area contributed by atoms with Gasteiger partial charge in [0.05, 0.1) is 0 Å². The Morgan fingerprint density at radius 3 is 2.50 bits per heavy atom. The fraction of sp³-hybridized carbons (Fsp3) is 0.900. The molecule has 0 spiro atoms. The monoisotopic (exact) mass is 442 g/mol. The molecule has 0 saturated heterocycles. The lowest BCUT2D eigenvalue weighted by atomic mass is 9.43. The predicted octanol–water partition coefficient (Wildman–Crippen LogP) is 8.35. The van der Waals surface area contributed by atoms with Crippen molar-refractivity contribution < 1.29 is 9.53 Å². The molecule has 4 aliphatic rings. The molecule has 0 aromatic carbocycles. The van der Waals surface area contributed by atoms with Crippen molar-refractivity contribution in [3.05, 3.63) is 11.6 Å². The number of rotatable bonds is 6. The minimum absolute atomic E-state index is 0.105. The highest BCUT2D eigenvalue weighted by molar-refractivity contribution is 5.66. The molecule has 0 unspecified atom stereocenters. The van der Waals surface area contributed by atoms with Gasteiger partial charge in [0.1, 0.15) is 6.10 Å². The summed E-state index contributed by atoms with van der Waals surface area (Å²) in [5.41, 5.74) is 3.08. The first-order valence-corrected chi connectivity index (χ1v) is 13.9. The van der Waals surface area contributed by atoms with Gasteiger partial charge in [-0.05, 0) is 97.2 Å². The zero-order chi connectivity index (χ0) is 23.3. The topological polar surface area (TPSA) is 26.3 Å². The van der Waals surface area contributed by atoms with Gasteiger partial charge >= 0.3 is 5.97 Å². The number of ether oxygens (including phenoxy) is 1. The van der Waals surface area contributed by atoms with Gasteiger partial charge in [0.2, 0.25) is 0 Å². The molecule has 4 rings (SSSR count). The van der Waals surface area contributed by atoms with Crippen LogP contribution in [-0.4, -0.2) is 12.1 Å². The predicted molar refractivity (Wildman–Crippen MR) is 133 cm³/mol. The molecular formula is C30H50O2. The molecule has 0 N–H and O–H groups in total. The molecule has 0 aromatic rings. The van der Waals surface area contributed by atoms with Crippen LogP contribution in [0.2, 0.25) is 0 Å². The van der Waals surface area contributed by atoms with Crippen molar-refractivity contribution in [2.45, 2.75) is 125 Å². The third-order valence-corrected chi connectivity index (χ3v) is 11.4. The molecule has 2 nitrogen and oxygen atoms in total. The van der Waals surface area contributed by atoms with E-state index in [9.17, 15) is 4.79 Å². The molecule has 4 aliphatic carbocycles. The van der Waals surface area contributed by atoms with E-state index < -0.39 is 0 Å². The Morgan fingerprint density at radius 2 is 1.81 bits per heavy atom. The van der Waals surface area contributed by atoms with Crippen LogP contribution in [0, 0.1) is 45.8 Å². The maximum Gasteiger partial charge on any atom is 0.302 e. The van der Waals surface area contributed by atoms with Crippen LogP contribution < -0.4 is 0 Å². The Morgan fingerprint density at radius 1 is 1.06 bits per heavy atom. The molecule has 182 valence electrons. The van der Waals surface area contributed by atoms with Crippen LogP contribution in [0.15, 0.2) is 11.6 Å². The van der Waals surface area contributed by atoms with E-state index in [0.29, 0.717) is 22.2 Å². The number of carbonyl (C=O) groups excluding carboxylic acids is 1. The lowest BCUT2D eigenvalue weighted by Gasteiger charge is -2.61. The van der Waals surface area contributed by atoms with Gasteiger partial charge in [-0.25, -0.2) is 0 Å². The number of carbonyl (C=O) groups is 1. The number of fused-ring (bicyclic) bond motifs is 5. The van der Waals surface area contributed by atoms with E-state index in [2.05, 4.69) is 47.6 Å². The van der Waals surface area contributed by atoms with Crippen LogP contribution >= 0.6 is 0 Å². The van der Waals surface area contributed by atoms with Gasteiger partial charge in [0.15, 0.2) is 0 Å². The lowest BCUT2D eigenvalue weighted by molar-refractivity contribution is -0.152. The van der Waals surface area contributed by atoms with Gasteiger partial charge in [-0.2, -0.15) is 0 Å². The number of esters is 1. The normalized spacial score (nSPS) is 44.3. The molecule has 0 radical (unpaired) electrons. The molecule has 0 heterocycles. The molecule has 32 heavy (non-hydrogen) atoms. The third kappa shape index (κ3) is 3.90. The van der Waals surface area contributed by atoms with E-state index in [4.69, 9.17) is 4.74 Å². The van der Waals surface area contributed by atoms with Crippen LogP contribution in [0.5, 0.6) is 0 Å². The summed E-state index contributed by atoms with van der Waals surface area (Å²) < 4.78 is 5.65. The average Bonchev–Trinajstić information content (AvgIpc) is 2.99. The third-order valence-electron chi connectivity index (χ3n) is 11.4. The maximum atomic E-state index is 11.5. The Labute approximate surface area is 198 Å². The standard InChI is InChI=1S/C30H50O2/c1-20(2)9-8-10-21(3)25-14-17-30(7)27-12-11-23-19-24(32-22(4)31)13-16-28(23,5)26(27)15-18-29(25,30)6/h12,20-21,23-26H,8-11,13-19H2,1-7H3/t21-,23-,24-,25+,26+,28-,29-,30-/m1/s1. The summed E-state index contributed by atoms with van der Waals surface area (Å²) in [4.78, 5) is 11.5. The smallest absolute Gasteiger partial charge is 0.302 e. The molecule has 0 amide bonds. The second-order valence-corrected chi connectivity index (χ2v) is 13.4. The van der Waals surface area contributed by atoms with E-state index in [-0.39, 0.29) is 12.1 Å². The fourth-order valence-corrected chi connectivity index (χ4v) is 9.21. The second-order valence-electron chi connectivity index (χ2n) is 13.4. The van der Waals surface area contributed by atoms with Crippen LogP contribution in [0.4, 0.5) is 0 Å². The Kier molecular flexibility index (Phi) is 6.67. The minimum atomic E-state index is -0.105. The van der Waals surface area contributed by atoms with Gasteiger partial charge in [-0.1, -0.05) is 72.5 Å². The first-order valence-electron chi connectivity index (χ1n) is 13.9. The second kappa shape index (κ2) is 8.77. The fourth-order valence-electron chi connectivity index (χ4n) is 9.21. The quantitative estimate of drug-likeness (QED) is 0.305. The van der Waals surface area contributed by atoms with Crippen LogP contribution in [0.1, 0.15) is 119 Å². The summed E-state index contributed by atoms with van der Waals surface area (Å²) in [6.07, 6.45) is 17.2. The summed E-state index contributed by atoms with van der Waals surface area (Å²) in [5, 5.41) is 0. The van der Waals surface area contributed by atoms with Crippen molar-refractivity contribution in [2.24, 2.45) is 45.8 Å².